The number of rotatable bonds is 22. The Bertz CT molecular complexity index is 2260. The average Bonchev–Trinajstić information content (AvgIpc) is 4.03. The molecule has 21 heteroatoms. The van der Waals surface area contributed by atoms with Crippen LogP contribution in [0, 0.1) is 5.92 Å². The summed E-state index contributed by atoms with van der Waals surface area (Å²) in [5.74, 6) is -6.69. The van der Waals surface area contributed by atoms with Gasteiger partial charge < -0.3 is 62.5 Å². The van der Waals surface area contributed by atoms with Crippen LogP contribution in [0.1, 0.15) is 49.9 Å². The number of fused-ring (bicyclic) bond motifs is 1. The number of nitrogens with one attached hydrogen (secondary N) is 9. The Morgan fingerprint density at radius 3 is 2.05 bits per heavy atom. The number of carboxylic acid groups (broad SMARTS) is 1. The van der Waals surface area contributed by atoms with Crippen molar-refractivity contribution < 1.29 is 53.7 Å². The second-order valence-corrected chi connectivity index (χ2v) is 15.6. The van der Waals surface area contributed by atoms with Gasteiger partial charge in [0.25, 0.3) is 0 Å². The molecule has 5 rings (SSSR count). The highest BCUT2D eigenvalue weighted by Gasteiger charge is 2.35. The summed E-state index contributed by atoms with van der Waals surface area (Å²) in [5.41, 5.74) is 2.29. The van der Waals surface area contributed by atoms with Crippen LogP contribution in [0.4, 0.5) is 0 Å². The number of aliphatic hydroxyl groups is 1. The SMILES string of the molecule is CC(C)C[C@H](NC(=O)CNC(=O)[C@H](Cc1ccc(O)cc1)NC(=O)[C@H](CO)NC(=O)[C@H](Cc1c[nH]c2ccccc12)NC(=O)[C@H](Cc1cnc[nH]1)NC(=O)[C@@H]1CCC(=O)N1)C(=O)O. The molecule has 0 unspecified atom stereocenters. The zero-order chi connectivity index (χ0) is 45.6. The second kappa shape index (κ2) is 22.0. The first kappa shape index (κ1) is 46.8. The quantitative estimate of drug-likeness (QED) is 0.0433. The molecule has 4 aromatic rings. The standard InChI is InChI=1S/C42H52N10O11/c1-22(2)13-33(42(62)63)48-36(56)19-45-37(57)30(14-23-7-9-26(54)10-8-23)49-41(61)34(20-53)52-39(59)31(15-24-17-44-28-6-4-3-5-27(24)28)50-40(60)32(16-25-18-43-21-46-25)51-38(58)29-11-12-35(55)47-29/h3-10,17-18,21-22,29-34,44,53-54H,11-16,19-20H2,1-2H3,(H,43,46)(H,45,57)(H,47,55)(H,48,56)(H,49,61)(H,50,60)(H,51,58)(H,52,59)(H,62,63)/t29-,30-,31-,32-,33-,34-/m0/s1. The van der Waals surface area contributed by atoms with Crippen molar-refractivity contribution in [3.63, 3.8) is 0 Å². The number of para-hydroxylation sites is 1. The molecular formula is C42H52N10O11. The number of phenols is 1. The zero-order valence-corrected chi connectivity index (χ0v) is 34.6. The fraction of sp³-hybridized carbons (Fsp3) is 0.405. The molecule has 336 valence electrons. The Balaban J connectivity index is 1.34. The van der Waals surface area contributed by atoms with E-state index in [2.05, 4.69) is 52.2 Å². The van der Waals surface area contributed by atoms with Crippen LogP contribution in [0.2, 0.25) is 0 Å². The van der Waals surface area contributed by atoms with E-state index in [4.69, 9.17) is 0 Å². The summed E-state index contributed by atoms with van der Waals surface area (Å²) in [5, 5.41) is 48.1. The number of H-pyrrole nitrogens is 2. The molecule has 0 radical (unpaired) electrons. The monoisotopic (exact) mass is 872 g/mol. The fourth-order valence-electron chi connectivity index (χ4n) is 6.96. The van der Waals surface area contributed by atoms with E-state index in [9.17, 15) is 53.7 Å². The van der Waals surface area contributed by atoms with Crippen LogP contribution in [0.5, 0.6) is 5.75 Å². The minimum Gasteiger partial charge on any atom is -0.508 e. The molecular weight excluding hydrogens is 821 g/mol. The van der Waals surface area contributed by atoms with Gasteiger partial charge in [-0.2, -0.15) is 0 Å². The lowest BCUT2D eigenvalue weighted by molar-refractivity contribution is -0.142. The lowest BCUT2D eigenvalue weighted by Gasteiger charge is -2.26. The molecule has 63 heavy (non-hydrogen) atoms. The van der Waals surface area contributed by atoms with Crippen molar-refractivity contribution >= 4 is 58.2 Å². The molecule has 0 spiro atoms. The number of aromatic amines is 2. The maximum Gasteiger partial charge on any atom is 0.326 e. The van der Waals surface area contributed by atoms with Gasteiger partial charge in [-0.1, -0.05) is 44.2 Å². The van der Waals surface area contributed by atoms with E-state index in [1.165, 1.54) is 36.8 Å². The van der Waals surface area contributed by atoms with Crippen molar-refractivity contribution in [1.29, 1.82) is 0 Å². The number of nitrogens with zero attached hydrogens (tertiary/aromatic N) is 1. The van der Waals surface area contributed by atoms with Crippen LogP contribution in [0.25, 0.3) is 10.9 Å². The van der Waals surface area contributed by atoms with Gasteiger partial charge >= 0.3 is 5.97 Å². The molecule has 6 atom stereocenters. The topological polar surface area (TPSA) is 326 Å². The van der Waals surface area contributed by atoms with Gasteiger partial charge in [0, 0.05) is 54.7 Å². The lowest BCUT2D eigenvalue weighted by atomic mass is 10.0. The number of aliphatic hydroxyl groups excluding tert-OH is 1. The molecule has 2 aromatic carbocycles. The number of imidazole rings is 1. The molecule has 7 amide bonds. The first-order valence-corrected chi connectivity index (χ1v) is 20.3. The van der Waals surface area contributed by atoms with E-state index in [0.29, 0.717) is 16.8 Å². The molecule has 1 aliphatic rings. The highest BCUT2D eigenvalue weighted by Crippen LogP contribution is 2.20. The van der Waals surface area contributed by atoms with Gasteiger partial charge in [0.05, 0.1) is 19.5 Å². The predicted molar refractivity (Wildman–Crippen MR) is 224 cm³/mol. The Hall–Kier alpha value is -7.29. The smallest absolute Gasteiger partial charge is 0.326 e. The number of aromatic hydroxyl groups is 1. The van der Waals surface area contributed by atoms with Crippen LogP contribution >= 0.6 is 0 Å². The maximum atomic E-state index is 14.2. The number of aromatic nitrogens is 3. The van der Waals surface area contributed by atoms with E-state index in [1.54, 1.807) is 38.2 Å². The summed E-state index contributed by atoms with van der Waals surface area (Å²) in [7, 11) is 0. The van der Waals surface area contributed by atoms with E-state index >= 15 is 0 Å². The van der Waals surface area contributed by atoms with Gasteiger partial charge in [-0.05, 0) is 48.1 Å². The van der Waals surface area contributed by atoms with Crippen LogP contribution in [0.15, 0.2) is 67.3 Å². The van der Waals surface area contributed by atoms with Gasteiger partial charge in [-0.3, -0.25) is 33.6 Å². The van der Waals surface area contributed by atoms with Crippen LogP contribution in [-0.2, 0) is 57.6 Å². The first-order chi connectivity index (χ1) is 30.1. The number of carbonyl (C=O) groups is 8. The fourth-order valence-corrected chi connectivity index (χ4v) is 6.96. The largest absolute Gasteiger partial charge is 0.508 e. The maximum absolute atomic E-state index is 14.2. The average molecular weight is 873 g/mol. The first-order valence-electron chi connectivity index (χ1n) is 20.3. The van der Waals surface area contributed by atoms with Gasteiger partial charge in [-0.15, -0.1) is 0 Å². The van der Waals surface area contributed by atoms with Gasteiger partial charge in [-0.25, -0.2) is 9.78 Å². The number of carboxylic acids is 1. The Kier molecular flexibility index (Phi) is 16.3. The van der Waals surface area contributed by atoms with Crippen LogP contribution < -0.4 is 37.2 Å². The van der Waals surface area contributed by atoms with Crippen molar-refractivity contribution in [1.82, 2.24) is 52.2 Å². The van der Waals surface area contributed by atoms with E-state index in [-0.39, 0.29) is 56.1 Å². The number of aliphatic carboxylic acids is 1. The molecule has 0 bridgehead atoms. The Labute approximate surface area is 361 Å². The molecule has 0 saturated carbocycles. The third-order valence-electron chi connectivity index (χ3n) is 10.2. The zero-order valence-electron chi connectivity index (χ0n) is 34.6. The predicted octanol–water partition coefficient (Wildman–Crippen LogP) is -1.43. The van der Waals surface area contributed by atoms with E-state index in [0.717, 1.165) is 10.9 Å². The van der Waals surface area contributed by atoms with E-state index < -0.39 is 90.8 Å². The highest BCUT2D eigenvalue weighted by atomic mass is 16.4. The number of amides is 7. The van der Waals surface area contributed by atoms with Crippen molar-refractivity contribution in [3.05, 3.63) is 84.1 Å². The Morgan fingerprint density at radius 1 is 0.778 bits per heavy atom. The van der Waals surface area contributed by atoms with Crippen molar-refractivity contribution in [3.8, 4) is 5.75 Å². The number of benzene rings is 2. The molecule has 1 saturated heterocycles. The molecule has 21 nitrogen and oxygen atoms in total. The molecule has 1 fully saturated rings. The highest BCUT2D eigenvalue weighted by molar-refractivity contribution is 5.98. The summed E-state index contributed by atoms with van der Waals surface area (Å²) >= 11 is 0. The van der Waals surface area contributed by atoms with Gasteiger partial charge in [0.1, 0.15) is 42.0 Å². The lowest BCUT2D eigenvalue weighted by Crippen LogP contribution is -2.60. The Morgan fingerprint density at radius 2 is 1.43 bits per heavy atom. The third-order valence-corrected chi connectivity index (χ3v) is 10.2. The van der Waals surface area contributed by atoms with Gasteiger partial charge in [0.2, 0.25) is 41.4 Å². The second-order valence-electron chi connectivity index (χ2n) is 15.6. The van der Waals surface area contributed by atoms with Crippen molar-refractivity contribution in [2.24, 2.45) is 5.92 Å². The van der Waals surface area contributed by atoms with Crippen LogP contribution in [-0.4, -0.2) is 127 Å². The normalized spacial score (nSPS) is 15.9. The van der Waals surface area contributed by atoms with Crippen molar-refractivity contribution in [2.75, 3.05) is 13.2 Å². The minimum absolute atomic E-state index is 0.0591. The summed E-state index contributed by atoms with van der Waals surface area (Å²) in [6.45, 7) is 1.96. The molecule has 0 aliphatic carbocycles. The third kappa shape index (κ3) is 13.6. The van der Waals surface area contributed by atoms with Crippen molar-refractivity contribution in [2.45, 2.75) is 88.6 Å². The van der Waals surface area contributed by atoms with E-state index in [1.807, 2.05) is 6.07 Å². The van der Waals surface area contributed by atoms with Crippen LogP contribution in [0.3, 0.4) is 0 Å². The summed E-state index contributed by atoms with van der Waals surface area (Å²) in [6, 6.07) is 5.06. The summed E-state index contributed by atoms with van der Waals surface area (Å²) in [6.07, 6.45) is 4.60. The van der Waals surface area contributed by atoms with Gasteiger partial charge in [0.15, 0.2) is 0 Å². The number of hydrogen-bond donors (Lipinski definition) is 12. The number of carbonyl (C=O) groups excluding carboxylic acids is 7. The number of hydrogen-bond acceptors (Lipinski definition) is 11. The summed E-state index contributed by atoms with van der Waals surface area (Å²) < 4.78 is 0. The molecule has 2 aromatic heterocycles. The number of phenolic OH excluding ortho intramolecular Hbond substituents is 1. The minimum atomic E-state index is -1.68. The molecule has 12 N–H and O–H groups in total. The molecule has 1 aliphatic heterocycles. The summed E-state index contributed by atoms with van der Waals surface area (Å²) in [4.78, 5) is 115. The molecule has 3 heterocycles.